The fourth-order valence-electron chi connectivity index (χ4n) is 5.85. The summed E-state index contributed by atoms with van der Waals surface area (Å²) >= 11 is 0. The van der Waals surface area contributed by atoms with Crippen molar-refractivity contribution in [3.05, 3.63) is 89.0 Å². The second kappa shape index (κ2) is 14.4. The van der Waals surface area contributed by atoms with Crippen LogP contribution in [0.4, 0.5) is 4.79 Å². The summed E-state index contributed by atoms with van der Waals surface area (Å²) in [7, 11) is 1.68. The summed E-state index contributed by atoms with van der Waals surface area (Å²) in [6.45, 7) is 9.84. The molecule has 2 aliphatic rings. The third kappa shape index (κ3) is 8.69. The van der Waals surface area contributed by atoms with Gasteiger partial charge < -0.3 is 29.1 Å². The number of carbonyl (C=O) groups is 2. The molecule has 1 saturated carbocycles. The molecule has 0 spiro atoms. The molecule has 1 fully saturated rings. The quantitative estimate of drug-likeness (QED) is 0.224. The Morgan fingerprint density at radius 3 is 2.37 bits per heavy atom. The number of nitrogens with zero attached hydrogens (tertiary/aromatic N) is 2. The van der Waals surface area contributed by atoms with E-state index in [0.29, 0.717) is 38.3 Å². The third-order valence-electron chi connectivity index (χ3n) is 8.12. The lowest BCUT2D eigenvalue weighted by molar-refractivity contribution is -0.128. The van der Waals surface area contributed by atoms with E-state index in [0.717, 1.165) is 58.4 Å². The summed E-state index contributed by atoms with van der Waals surface area (Å²) < 4.78 is 16.9. The zero-order valence-electron chi connectivity index (χ0n) is 27.7. The van der Waals surface area contributed by atoms with Gasteiger partial charge in [-0.3, -0.25) is 4.79 Å². The van der Waals surface area contributed by atoms with Crippen LogP contribution in [0.3, 0.4) is 0 Å². The van der Waals surface area contributed by atoms with Gasteiger partial charge in [0.2, 0.25) is 0 Å². The minimum Gasteiger partial charge on any atom is -0.508 e. The highest BCUT2D eigenvalue weighted by atomic mass is 16.6. The maximum atomic E-state index is 14.6. The number of hydrogen-bond acceptors (Lipinski definition) is 6. The fourth-order valence-corrected chi connectivity index (χ4v) is 5.85. The van der Waals surface area contributed by atoms with E-state index in [-0.39, 0.29) is 24.2 Å². The van der Waals surface area contributed by atoms with Crippen LogP contribution in [0.1, 0.15) is 63.1 Å². The zero-order valence-corrected chi connectivity index (χ0v) is 27.7. The van der Waals surface area contributed by atoms with Crippen molar-refractivity contribution in [1.82, 2.24) is 9.80 Å². The van der Waals surface area contributed by atoms with Crippen LogP contribution in [0.5, 0.6) is 11.5 Å². The Labute approximate surface area is 272 Å². The molecule has 46 heavy (non-hydrogen) atoms. The summed E-state index contributed by atoms with van der Waals surface area (Å²) in [6, 6.07) is 21.5. The standard InChI is InChI=1S/C38H46N2O6/c1-26-19-27(21-33(20-26)45-18-8-17-44-5)24-40(31-13-14-31)36(42)35-25-39(37(43)46-38(2,3)4)16-15-34(35)30-11-6-9-28(22-30)29-10-7-12-32(41)23-29/h6-7,9-12,19-23,31,41H,8,13-18,24-25H2,1-5H3. The first-order chi connectivity index (χ1) is 22.0. The van der Waals surface area contributed by atoms with Gasteiger partial charge in [0, 0.05) is 44.8 Å². The summed E-state index contributed by atoms with van der Waals surface area (Å²) in [5.74, 6) is 0.924. The third-order valence-corrected chi connectivity index (χ3v) is 8.12. The van der Waals surface area contributed by atoms with Crippen LogP contribution in [0.2, 0.25) is 0 Å². The van der Waals surface area contributed by atoms with E-state index >= 15 is 0 Å². The Morgan fingerprint density at radius 1 is 0.957 bits per heavy atom. The fraction of sp³-hybridized carbons (Fsp3) is 0.421. The van der Waals surface area contributed by atoms with Crippen LogP contribution < -0.4 is 4.74 Å². The Morgan fingerprint density at radius 2 is 1.67 bits per heavy atom. The number of methoxy groups -OCH3 is 1. The van der Waals surface area contributed by atoms with Gasteiger partial charge in [-0.25, -0.2) is 4.79 Å². The summed E-state index contributed by atoms with van der Waals surface area (Å²) in [5.41, 5.74) is 5.75. The molecule has 0 radical (unpaired) electrons. The van der Waals surface area contributed by atoms with Crippen molar-refractivity contribution in [1.29, 1.82) is 0 Å². The van der Waals surface area contributed by atoms with Crippen LogP contribution in [0, 0.1) is 6.92 Å². The van der Waals surface area contributed by atoms with Crippen molar-refractivity contribution < 1.29 is 28.9 Å². The van der Waals surface area contributed by atoms with Gasteiger partial charge in [-0.05, 0) is 111 Å². The molecule has 0 atom stereocenters. The van der Waals surface area contributed by atoms with E-state index in [9.17, 15) is 14.7 Å². The molecule has 8 nitrogen and oxygen atoms in total. The lowest BCUT2D eigenvalue weighted by atomic mass is 9.90. The molecule has 1 heterocycles. The molecule has 1 aliphatic carbocycles. The molecule has 3 aromatic carbocycles. The molecule has 0 aromatic heterocycles. The number of carbonyl (C=O) groups excluding carboxylic acids is 2. The first-order valence-electron chi connectivity index (χ1n) is 16.1. The Balaban J connectivity index is 1.48. The second-order valence-corrected chi connectivity index (χ2v) is 13.3. The maximum Gasteiger partial charge on any atom is 0.410 e. The number of amides is 2. The van der Waals surface area contributed by atoms with Crippen LogP contribution in [0.15, 0.2) is 72.3 Å². The lowest BCUT2D eigenvalue weighted by Crippen LogP contribution is -2.44. The number of aromatic hydroxyl groups is 1. The second-order valence-electron chi connectivity index (χ2n) is 13.3. The van der Waals surface area contributed by atoms with E-state index in [4.69, 9.17) is 14.2 Å². The largest absolute Gasteiger partial charge is 0.508 e. The van der Waals surface area contributed by atoms with E-state index < -0.39 is 11.7 Å². The molecular formula is C38H46N2O6. The highest BCUT2D eigenvalue weighted by molar-refractivity contribution is 6.03. The minimum atomic E-state index is -0.643. The lowest BCUT2D eigenvalue weighted by Gasteiger charge is -2.34. The zero-order chi connectivity index (χ0) is 32.8. The molecule has 1 N–H and O–H groups in total. The number of aryl methyl sites for hydroxylation is 1. The molecule has 244 valence electrons. The Hall–Kier alpha value is -4.30. The van der Waals surface area contributed by atoms with Crippen molar-refractivity contribution in [2.45, 2.75) is 71.6 Å². The average molecular weight is 627 g/mol. The molecule has 5 rings (SSSR count). The van der Waals surface area contributed by atoms with E-state index in [2.05, 4.69) is 12.1 Å². The van der Waals surface area contributed by atoms with E-state index in [1.54, 1.807) is 24.1 Å². The van der Waals surface area contributed by atoms with Gasteiger partial charge >= 0.3 is 6.09 Å². The van der Waals surface area contributed by atoms with E-state index in [1.807, 2.05) is 75.1 Å². The van der Waals surface area contributed by atoms with Crippen LogP contribution in [-0.4, -0.2) is 72.0 Å². The van der Waals surface area contributed by atoms with Crippen molar-refractivity contribution in [3.63, 3.8) is 0 Å². The normalized spacial score (nSPS) is 15.1. The van der Waals surface area contributed by atoms with Gasteiger partial charge in [0.15, 0.2) is 0 Å². The molecular weight excluding hydrogens is 580 g/mol. The van der Waals surface area contributed by atoms with Crippen molar-refractivity contribution >= 4 is 17.6 Å². The van der Waals surface area contributed by atoms with Crippen molar-refractivity contribution in [2.75, 3.05) is 33.4 Å². The minimum absolute atomic E-state index is 0.0578. The smallest absolute Gasteiger partial charge is 0.410 e. The van der Waals surface area contributed by atoms with Gasteiger partial charge in [-0.2, -0.15) is 0 Å². The first kappa shape index (κ1) is 33.1. The van der Waals surface area contributed by atoms with Crippen LogP contribution in [0.25, 0.3) is 16.7 Å². The number of phenols is 1. The number of ether oxygens (including phenoxy) is 3. The molecule has 3 aromatic rings. The van der Waals surface area contributed by atoms with Gasteiger partial charge in [0.1, 0.15) is 17.1 Å². The Bertz CT molecular complexity index is 1590. The summed E-state index contributed by atoms with van der Waals surface area (Å²) in [4.78, 5) is 31.5. The van der Waals surface area contributed by atoms with Gasteiger partial charge in [0.05, 0.1) is 13.2 Å². The number of benzene rings is 3. The van der Waals surface area contributed by atoms with Crippen molar-refractivity contribution in [3.8, 4) is 22.6 Å². The van der Waals surface area contributed by atoms with Crippen LogP contribution >= 0.6 is 0 Å². The summed E-state index contributed by atoms with van der Waals surface area (Å²) in [6.07, 6.45) is 2.79. The molecule has 1 aliphatic heterocycles. The van der Waals surface area contributed by atoms with E-state index in [1.165, 1.54) is 0 Å². The van der Waals surface area contributed by atoms with Crippen molar-refractivity contribution in [2.24, 2.45) is 0 Å². The molecule has 0 saturated heterocycles. The number of hydrogen-bond donors (Lipinski definition) is 1. The number of rotatable bonds is 11. The monoisotopic (exact) mass is 626 g/mol. The first-order valence-corrected chi connectivity index (χ1v) is 16.1. The van der Waals surface area contributed by atoms with Gasteiger partial charge in [-0.15, -0.1) is 0 Å². The van der Waals surface area contributed by atoms with Gasteiger partial charge in [-0.1, -0.05) is 36.4 Å². The maximum absolute atomic E-state index is 14.6. The van der Waals surface area contributed by atoms with Gasteiger partial charge in [0.25, 0.3) is 5.91 Å². The summed E-state index contributed by atoms with van der Waals surface area (Å²) in [5, 5.41) is 10.1. The van der Waals surface area contributed by atoms with Crippen LogP contribution in [-0.2, 0) is 20.8 Å². The highest BCUT2D eigenvalue weighted by Crippen LogP contribution is 2.36. The molecule has 0 unspecified atom stereocenters. The predicted molar refractivity (Wildman–Crippen MR) is 180 cm³/mol. The topological polar surface area (TPSA) is 88.5 Å². The molecule has 2 amide bonds. The number of phenolic OH excluding ortho intramolecular Hbond substituents is 1. The predicted octanol–water partition coefficient (Wildman–Crippen LogP) is 7.37. The Kier molecular flexibility index (Phi) is 10.4. The molecule has 0 bridgehead atoms. The SMILES string of the molecule is COCCCOc1cc(C)cc(CN(C(=O)C2=C(c3cccc(-c4cccc(O)c4)c3)CCN(C(=O)OC(C)(C)C)C2)C2CC2)c1. The highest BCUT2D eigenvalue weighted by Gasteiger charge is 2.38. The molecule has 8 heteroatoms. The average Bonchev–Trinajstić information content (AvgIpc) is 3.86.